The number of hydrogen-bond donors (Lipinski definition) is 2. The number of ether oxygens (including phenoxy) is 1. The molecule has 0 aromatic heterocycles. The zero-order valence-corrected chi connectivity index (χ0v) is 11.5. The highest BCUT2D eigenvalue weighted by atomic mass is 16.6. The topological polar surface area (TPSA) is 64.3 Å². The monoisotopic (exact) mass is 242 g/mol. The molecule has 4 nitrogen and oxygen atoms in total. The Morgan fingerprint density at radius 3 is 2.65 bits per heavy atom. The Morgan fingerprint density at radius 2 is 2.12 bits per heavy atom. The van der Waals surface area contributed by atoms with Crippen molar-refractivity contribution in [3.8, 4) is 0 Å². The largest absolute Gasteiger partial charge is 0.444 e. The Bertz CT molecular complexity index is 273. The minimum atomic E-state index is -0.454. The van der Waals surface area contributed by atoms with Gasteiger partial charge in [-0.3, -0.25) is 0 Å². The van der Waals surface area contributed by atoms with E-state index in [2.05, 4.69) is 12.2 Å². The van der Waals surface area contributed by atoms with Crippen LogP contribution in [0.25, 0.3) is 0 Å². The van der Waals surface area contributed by atoms with Crippen LogP contribution in [0.5, 0.6) is 0 Å². The molecule has 0 bridgehead atoms. The summed E-state index contributed by atoms with van der Waals surface area (Å²) in [5.74, 6) is 0.450. The van der Waals surface area contributed by atoms with Gasteiger partial charge in [0, 0.05) is 12.1 Å². The highest BCUT2D eigenvalue weighted by molar-refractivity contribution is 5.67. The molecule has 1 aliphatic carbocycles. The Kier molecular flexibility index (Phi) is 4.42. The highest BCUT2D eigenvalue weighted by Gasteiger charge is 2.34. The molecule has 0 aromatic carbocycles. The lowest BCUT2D eigenvalue weighted by molar-refractivity contribution is 0.0497. The number of carbonyl (C=O) groups excluding carboxylic acids is 1. The second kappa shape index (κ2) is 5.25. The van der Waals surface area contributed by atoms with Crippen molar-refractivity contribution in [3.05, 3.63) is 0 Å². The minimum Gasteiger partial charge on any atom is -0.444 e. The standard InChI is InChI=1S/C13H26N2O2/c1-10-7-5-6-8-13(10,14)9-15-11(16)17-12(2,3)4/h10H,5-9,14H2,1-4H3,(H,15,16)/t10-,13+/m1/s1. The second-order valence-corrected chi connectivity index (χ2v) is 6.24. The second-order valence-electron chi connectivity index (χ2n) is 6.24. The van der Waals surface area contributed by atoms with Gasteiger partial charge in [0.2, 0.25) is 0 Å². The van der Waals surface area contributed by atoms with Crippen molar-refractivity contribution < 1.29 is 9.53 Å². The number of hydrogen-bond acceptors (Lipinski definition) is 3. The lowest BCUT2D eigenvalue weighted by Gasteiger charge is -2.39. The van der Waals surface area contributed by atoms with Crippen LogP contribution in [-0.4, -0.2) is 23.8 Å². The van der Waals surface area contributed by atoms with Crippen LogP contribution in [0.15, 0.2) is 0 Å². The summed E-state index contributed by atoms with van der Waals surface area (Å²) in [6.45, 7) is 8.23. The molecule has 1 amide bonds. The summed E-state index contributed by atoms with van der Waals surface area (Å²) < 4.78 is 5.20. The van der Waals surface area contributed by atoms with Gasteiger partial charge < -0.3 is 15.8 Å². The number of amides is 1. The third kappa shape index (κ3) is 4.54. The fourth-order valence-electron chi connectivity index (χ4n) is 2.25. The van der Waals surface area contributed by atoms with Crippen LogP contribution >= 0.6 is 0 Å². The van der Waals surface area contributed by atoms with Crippen molar-refractivity contribution in [2.24, 2.45) is 11.7 Å². The fraction of sp³-hybridized carbons (Fsp3) is 0.923. The first kappa shape index (κ1) is 14.3. The van der Waals surface area contributed by atoms with Gasteiger partial charge in [-0.15, -0.1) is 0 Å². The predicted octanol–water partition coefficient (Wildman–Crippen LogP) is 2.42. The first-order valence-electron chi connectivity index (χ1n) is 6.49. The third-order valence-electron chi connectivity index (χ3n) is 3.47. The van der Waals surface area contributed by atoms with Gasteiger partial charge in [-0.25, -0.2) is 4.79 Å². The molecule has 0 unspecified atom stereocenters. The van der Waals surface area contributed by atoms with Gasteiger partial charge >= 0.3 is 6.09 Å². The van der Waals surface area contributed by atoms with Crippen LogP contribution in [0.3, 0.4) is 0 Å². The summed E-state index contributed by atoms with van der Waals surface area (Å²) in [5, 5.41) is 2.79. The van der Waals surface area contributed by atoms with E-state index in [1.165, 1.54) is 6.42 Å². The number of carbonyl (C=O) groups is 1. The Hall–Kier alpha value is -0.770. The first-order valence-corrected chi connectivity index (χ1v) is 6.49. The van der Waals surface area contributed by atoms with Crippen LogP contribution < -0.4 is 11.1 Å². The predicted molar refractivity (Wildman–Crippen MR) is 68.8 cm³/mol. The van der Waals surface area contributed by atoms with Gasteiger partial charge in [0.15, 0.2) is 0 Å². The Morgan fingerprint density at radius 1 is 1.47 bits per heavy atom. The molecule has 17 heavy (non-hydrogen) atoms. The summed E-state index contributed by atoms with van der Waals surface area (Å²) in [7, 11) is 0. The smallest absolute Gasteiger partial charge is 0.407 e. The van der Waals surface area contributed by atoms with Crippen LogP contribution in [0.1, 0.15) is 53.4 Å². The fourth-order valence-corrected chi connectivity index (χ4v) is 2.25. The lowest BCUT2D eigenvalue weighted by Crippen LogP contribution is -2.56. The van der Waals surface area contributed by atoms with Crippen molar-refractivity contribution in [1.82, 2.24) is 5.32 Å². The zero-order chi connectivity index (χ0) is 13.1. The molecule has 0 spiro atoms. The SMILES string of the molecule is C[C@@H]1CCCC[C@]1(N)CNC(=O)OC(C)(C)C. The van der Waals surface area contributed by atoms with E-state index in [1.807, 2.05) is 20.8 Å². The molecular formula is C13H26N2O2. The average Bonchev–Trinajstić information content (AvgIpc) is 2.18. The molecule has 1 fully saturated rings. The minimum absolute atomic E-state index is 0.269. The van der Waals surface area contributed by atoms with E-state index in [9.17, 15) is 4.79 Å². The summed E-state index contributed by atoms with van der Waals surface area (Å²) in [6.07, 6.45) is 4.14. The van der Waals surface area contributed by atoms with E-state index in [-0.39, 0.29) is 11.6 Å². The molecule has 0 radical (unpaired) electrons. The van der Waals surface area contributed by atoms with E-state index in [0.29, 0.717) is 12.5 Å². The molecule has 1 saturated carbocycles. The van der Waals surface area contributed by atoms with Crippen LogP contribution in [0, 0.1) is 5.92 Å². The summed E-state index contributed by atoms with van der Waals surface area (Å²) in [6, 6.07) is 0. The van der Waals surface area contributed by atoms with E-state index < -0.39 is 5.60 Å². The molecule has 1 aliphatic rings. The third-order valence-corrected chi connectivity index (χ3v) is 3.47. The molecule has 0 aromatic rings. The van der Waals surface area contributed by atoms with E-state index in [0.717, 1.165) is 19.3 Å². The average molecular weight is 242 g/mol. The van der Waals surface area contributed by atoms with Crippen molar-refractivity contribution in [2.75, 3.05) is 6.54 Å². The molecule has 0 heterocycles. The van der Waals surface area contributed by atoms with E-state index >= 15 is 0 Å². The normalized spacial score (nSPS) is 29.8. The van der Waals surface area contributed by atoms with Crippen molar-refractivity contribution in [2.45, 2.75) is 64.5 Å². The maximum Gasteiger partial charge on any atom is 0.407 e. The van der Waals surface area contributed by atoms with Gasteiger partial charge in [-0.1, -0.05) is 19.8 Å². The van der Waals surface area contributed by atoms with E-state index in [1.54, 1.807) is 0 Å². The maximum absolute atomic E-state index is 11.6. The maximum atomic E-state index is 11.6. The molecule has 0 saturated heterocycles. The number of nitrogens with two attached hydrogens (primary N) is 1. The summed E-state index contributed by atoms with van der Waals surface area (Å²) in [4.78, 5) is 11.6. The molecule has 2 atom stereocenters. The van der Waals surface area contributed by atoms with Gasteiger partial charge in [0.25, 0.3) is 0 Å². The zero-order valence-electron chi connectivity index (χ0n) is 11.5. The first-order chi connectivity index (χ1) is 7.73. The highest BCUT2D eigenvalue weighted by Crippen LogP contribution is 2.30. The Labute approximate surface area is 104 Å². The summed E-state index contributed by atoms with van der Waals surface area (Å²) in [5.41, 5.74) is 5.62. The molecule has 1 rings (SSSR count). The van der Waals surface area contributed by atoms with Crippen LogP contribution in [0.4, 0.5) is 4.79 Å². The molecular weight excluding hydrogens is 216 g/mol. The van der Waals surface area contributed by atoms with Gasteiger partial charge in [-0.2, -0.15) is 0 Å². The van der Waals surface area contributed by atoms with Gasteiger partial charge in [-0.05, 0) is 39.5 Å². The van der Waals surface area contributed by atoms with Crippen molar-refractivity contribution >= 4 is 6.09 Å². The van der Waals surface area contributed by atoms with Crippen molar-refractivity contribution in [1.29, 1.82) is 0 Å². The number of alkyl carbamates (subject to hydrolysis) is 1. The Balaban J connectivity index is 2.41. The lowest BCUT2D eigenvalue weighted by atomic mass is 9.74. The molecule has 100 valence electrons. The molecule has 0 aliphatic heterocycles. The number of nitrogens with one attached hydrogen (secondary N) is 1. The van der Waals surface area contributed by atoms with Crippen LogP contribution in [-0.2, 0) is 4.74 Å². The van der Waals surface area contributed by atoms with E-state index in [4.69, 9.17) is 10.5 Å². The summed E-state index contributed by atoms with van der Waals surface area (Å²) >= 11 is 0. The van der Waals surface area contributed by atoms with Gasteiger partial charge in [0.05, 0.1) is 0 Å². The number of rotatable bonds is 2. The van der Waals surface area contributed by atoms with Gasteiger partial charge in [0.1, 0.15) is 5.60 Å². The molecule has 4 heteroatoms. The molecule has 3 N–H and O–H groups in total. The van der Waals surface area contributed by atoms with Crippen molar-refractivity contribution in [3.63, 3.8) is 0 Å². The van der Waals surface area contributed by atoms with Crippen LogP contribution in [0.2, 0.25) is 0 Å². The quantitative estimate of drug-likeness (QED) is 0.781.